The first kappa shape index (κ1) is 23.6. The van der Waals surface area contributed by atoms with Crippen molar-refractivity contribution in [2.24, 2.45) is 10.5 Å². The predicted octanol–water partition coefficient (Wildman–Crippen LogP) is 2.64. The number of hydrogen-bond donors (Lipinski definition) is 2. The van der Waals surface area contributed by atoms with Crippen LogP contribution in [-0.2, 0) is 16.0 Å². The SMILES string of the molecule is CN1N=C2CCN(C(=O)[C@@H](COc3ccccc3Cl)NC(=O)O)C[C@@]2(Cc2ccccc2)C1=O. The largest absolute Gasteiger partial charge is 0.489 e. The van der Waals surface area contributed by atoms with Crippen molar-refractivity contribution >= 4 is 35.2 Å². The summed E-state index contributed by atoms with van der Waals surface area (Å²) in [6, 6.07) is 15.1. The zero-order valence-corrected chi connectivity index (χ0v) is 19.4. The average Bonchev–Trinajstić information content (AvgIpc) is 3.06. The maximum atomic E-state index is 13.4. The summed E-state index contributed by atoms with van der Waals surface area (Å²) in [6.45, 7) is 0.178. The van der Waals surface area contributed by atoms with Gasteiger partial charge in [-0.2, -0.15) is 5.10 Å². The number of carbonyl (C=O) groups is 3. The number of benzene rings is 2. The maximum Gasteiger partial charge on any atom is 0.405 e. The molecule has 0 radical (unpaired) electrons. The zero-order chi connectivity index (χ0) is 24.3. The number of halogens is 1. The minimum Gasteiger partial charge on any atom is -0.489 e. The van der Waals surface area contributed by atoms with Gasteiger partial charge in [0.15, 0.2) is 0 Å². The van der Waals surface area contributed by atoms with Gasteiger partial charge >= 0.3 is 6.09 Å². The first-order chi connectivity index (χ1) is 16.3. The van der Waals surface area contributed by atoms with Crippen molar-refractivity contribution in [3.63, 3.8) is 0 Å². The Bertz CT molecular complexity index is 1130. The van der Waals surface area contributed by atoms with Gasteiger partial charge in [-0.3, -0.25) is 9.59 Å². The molecule has 9 nitrogen and oxygen atoms in total. The third-order valence-electron chi connectivity index (χ3n) is 6.10. The lowest BCUT2D eigenvalue weighted by Crippen LogP contribution is -2.59. The summed E-state index contributed by atoms with van der Waals surface area (Å²) in [4.78, 5) is 39.6. The van der Waals surface area contributed by atoms with Crippen LogP contribution in [0, 0.1) is 5.41 Å². The van der Waals surface area contributed by atoms with Crippen LogP contribution < -0.4 is 10.1 Å². The molecule has 2 aliphatic heterocycles. The van der Waals surface area contributed by atoms with Gasteiger partial charge in [-0.25, -0.2) is 9.80 Å². The molecule has 10 heteroatoms. The Hall–Kier alpha value is -3.59. The van der Waals surface area contributed by atoms with Crippen molar-refractivity contribution in [3.8, 4) is 5.75 Å². The number of carboxylic acid groups (broad SMARTS) is 1. The molecular formula is C24H25ClN4O5. The highest BCUT2D eigenvalue weighted by Crippen LogP contribution is 2.38. The molecule has 2 heterocycles. The number of nitrogens with one attached hydrogen (secondary N) is 1. The number of fused-ring (bicyclic) bond motifs is 1. The van der Waals surface area contributed by atoms with E-state index in [9.17, 15) is 19.5 Å². The molecule has 2 aliphatic rings. The molecule has 2 N–H and O–H groups in total. The van der Waals surface area contributed by atoms with Gasteiger partial charge in [0.05, 0.1) is 10.7 Å². The molecule has 0 spiro atoms. The summed E-state index contributed by atoms with van der Waals surface area (Å²) < 4.78 is 5.65. The summed E-state index contributed by atoms with van der Waals surface area (Å²) >= 11 is 6.12. The van der Waals surface area contributed by atoms with E-state index in [0.29, 0.717) is 30.2 Å². The Morgan fingerprint density at radius 3 is 2.62 bits per heavy atom. The third kappa shape index (κ3) is 4.70. The maximum absolute atomic E-state index is 13.4. The lowest BCUT2D eigenvalue weighted by Gasteiger charge is -2.40. The first-order valence-corrected chi connectivity index (χ1v) is 11.2. The quantitative estimate of drug-likeness (QED) is 0.627. The molecule has 1 saturated heterocycles. The Labute approximate surface area is 201 Å². The van der Waals surface area contributed by atoms with E-state index in [-0.39, 0.29) is 19.1 Å². The Balaban J connectivity index is 1.56. The lowest BCUT2D eigenvalue weighted by molar-refractivity contribution is -0.141. The number of hydrogen-bond acceptors (Lipinski definition) is 5. The highest BCUT2D eigenvalue weighted by Gasteiger charge is 2.53. The van der Waals surface area contributed by atoms with E-state index in [2.05, 4.69) is 10.4 Å². The molecule has 1 fully saturated rings. The molecule has 2 aromatic rings. The van der Waals surface area contributed by atoms with Crippen LogP contribution >= 0.6 is 11.6 Å². The molecule has 0 saturated carbocycles. The van der Waals surface area contributed by atoms with Crippen molar-refractivity contribution in [2.75, 3.05) is 26.7 Å². The lowest BCUT2D eigenvalue weighted by atomic mass is 9.73. The van der Waals surface area contributed by atoms with Gasteiger partial charge in [0.2, 0.25) is 5.91 Å². The molecule has 0 aromatic heterocycles. The van der Waals surface area contributed by atoms with Gasteiger partial charge in [-0.05, 0) is 24.1 Å². The van der Waals surface area contributed by atoms with Gasteiger partial charge < -0.3 is 20.1 Å². The number of piperidine rings is 1. The van der Waals surface area contributed by atoms with Crippen LogP contribution in [-0.4, -0.2) is 71.4 Å². The molecule has 3 amide bonds. The number of nitrogens with zero attached hydrogens (tertiary/aromatic N) is 3. The van der Waals surface area contributed by atoms with E-state index < -0.39 is 23.5 Å². The van der Waals surface area contributed by atoms with Gasteiger partial charge in [0.1, 0.15) is 23.8 Å². The van der Waals surface area contributed by atoms with Crippen LogP contribution in [0.15, 0.2) is 59.7 Å². The number of para-hydroxylation sites is 1. The second kappa shape index (κ2) is 9.72. The summed E-state index contributed by atoms with van der Waals surface area (Å²) in [7, 11) is 1.61. The Morgan fingerprint density at radius 1 is 1.21 bits per heavy atom. The fourth-order valence-electron chi connectivity index (χ4n) is 4.49. The van der Waals surface area contributed by atoms with E-state index >= 15 is 0 Å². The minimum absolute atomic E-state index is 0.104. The number of likely N-dealkylation sites (tertiary alicyclic amines) is 1. The van der Waals surface area contributed by atoms with Gasteiger partial charge in [0, 0.05) is 26.6 Å². The zero-order valence-electron chi connectivity index (χ0n) is 18.6. The number of carbonyl (C=O) groups excluding carboxylic acids is 2. The third-order valence-corrected chi connectivity index (χ3v) is 6.42. The molecule has 34 heavy (non-hydrogen) atoms. The van der Waals surface area contributed by atoms with Crippen LogP contribution in [0.2, 0.25) is 5.02 Å². The van der Waals surface area contributed by atoms with Crippen molar-refractivity contribution in [1.82, 2.24) is 15.2 Å². The smallest absolute Gasteiger partial charge is 0.405 e. The molecule has 0 unspecified atom stereocenters. The highest BCUT2D eigenvalue weighted by atomic mass is 35.5. The van der Waals surface area contributed by atoms with Crippen LogP contribution in [0.25, 0.3) is 0 Å². The normalized spacial score (nSPS) is 20.4. The van der Waals surface area contributed by atoms with Crippen LogP contribution in [0.3, 0.4) is 0 Å². The van der Waals surface area contributed by atoms with E-state index in [1.807, 2.05) is 30.3 Å². The molecule has 0 bridgehead atoms. The fraction of sp³-hybridized carbons (Fsp3) is 0.333. The molecule has 0 aliphatic carbocycles. The van der Waals surface area contributed by atoms with Crippen molar-refractivity contribution < 1.29 is 24.2 Å². The Kier molecular flexibility index (Phi) is 6.74. The van der Waals surface area contributed by atoms with E-state index in [0.717, 1.165) is 11.3 Å². The van der Waals surface area contributed by atoms with Crippen LogP contribution in [0.1, 0.15) is 12.0 Å². The number of amides is 3. The number of hydrazone groups is 1. The number of rotatable bonds is 7. The average molecular weight is 485 g/mol. The van der Waals surface area contributed by atoms with Crippen LogP contribution in [0.4, 0.5) is 4.79 Å². The van der Waals surface area contributed by atoms with E-state index in [1.165, 1.54) is 9.91 Å². The van der Waals surface area contributed by atoms with Crippen molar-refractivity contribution in [1.29, 1.82) is 0 Å². The van der Waals surface area contributed by atoms with Crippen molar-refractivity contribution in [2.45, 2.75) is 18.9 Å². The summed E-state index contributed by atoms with van der Waals surface area (Å²) in [5, 5.41) is 17.7. The topological polar surface area (TPSA) is 112 Å². The molecular weight excluding hydrogens is 460 g/mol. The van der Waals surface area contributed by atoms with Crippen molar-refractivity contribution in [3.05, 3.63) is 65.2 Å². The Morgan fingerprint density at radius 2 is 1.91 bits per heavy atom. The monoisotopic (exact) mass is 484 g/mol. The molecule has 4 rings (SSSR count). The summed E-state index contributed by atoms with van der Waals surface area (Å²) in [5.41, 5.74) is 0.708. The first-order valence-electron chi connectivity index (χ1n) is 10.9. The van der Waals surface area contributed by atoms with Gasteiger partial charge in [0.25, 0.3) is 5.91 Å². The molecule has 2 aromatic carbocycles. The number of ether oxygens (including phenoxy) is 1. The highest BCUT2D eigenvalue weighted by molar-refractivity contribution is 6.32. The van der Waals surface area contributed by atoms with Gasteiger partial charge in [-0.15, -0.1) is 0 Å². The fourth-order valence-corrected chi connectivity index (χ4v) is 4.68. The van der Waals surface area contributed by atoms with E-state index in [1.54, 1.807) is 31.3 Å². The van der Waals surface area contributed by atoms with E-state index in [4.69, 9.17) is 16.3 Å². The standard InChI is InChI=1S/C24H25ClN4O5/c1-28-22(31)24(13-16-7-3-2-4-8-16)15-29(12-11-20(24)27-28)21(30)18(26-23(32)33)14-34-19-10-6-5-9-17(19)25/h2-10,18,26H,11-15H2,1H3,(H,32,33)/t18-,24-/m1/s1. The predicted molar refractivity (Wildman–Crippen MR) is 126 cm³/mol. The molecule has 2 atom stereocenters. The second-order valence-corrected chi connectivity index (χ2v) is 8.78. The minimum atomic E-state index is -1.35. The van der Waals surface area contributed by atoms with Gasteiger partial charge in [-0.1, -0.05) is 54.1 Å². The summed E-state index contributed by atoms with van der Waals surface area (Å²) in [6.07, 6.45) is -0.539. The second-order valence-electron chi connectivity index (χ2n) is 8.37. The van der Waals surface area contributed by atoms with Crippen LogP contribution in [0.5, 0.6) is 5.75 Å². The molecule has 178 valence electrons. The summed E-state index contributed by atoms with van der Waals surface area (Å²) in [5.74, 6) is -0.308.